The Morgan fingerprint density at radius 1 is 1.58 bits per heavy atom. The normalized spacial score (nSPS) is 14.1. The summed E-state index contributed by atoms with van der Waals surface area (Å²) in [6, 6.07) is 0. The molecule has 0 saturated heterocycles. The molecule has 0 aliphatic heterocycles. The fourth-order valence-corrected chi connectivity index (χ4v) is 2.64. The molecule has 2 N–H and O–H groups in total. The number of hydrogen-bond acceptors (Lipinski definition) is 5. The van der Waals surface area contributed by atoms with Gasteiger partial charge in [-0.05, 0) is 33.2 Å². The minimum atomic E-state index is -0.589. The van der Waals surface area contributed by atoms with Crippen LogP contribution in [-0.2, 0) is 9.53 Å². The number of esters is 1. The van der Waals surface area contributed by atoms with E-state index >= 15 is 0 Å². The summed E-state index contributed by atoms with van der Waals surface area (Å²) in [6.07, 6.45) is 5.23. The Kier molecular flexibility index (Phi) is 6.94. The van der Waals surface area contributed by atoms with Crippen LogP contribution in [0.5, 0.6) is 0 Å². The SMILES string of the molecule is CCNC(C)(CCCSc1ncc[nH]1)C(=O)OCC. The summed E-state index contributed by atoms with van der Waals surface area (Å²) in [5.41, 5.74) is -0.589. The Bertz CT molecular complexity index is 370. The smallest absolute Gasteiger partial charge is 0.326 e. The van der Waals surface area contributed by atoms with Gasteiger partial charge in [0, 0.05) is 18.1 Å². The zero-order valence-electron chi connectivity index (χ0n) is 11.9. The lowest BCUT2D eigenvalue weighted by Crippen LogP contribution is -2.50. The van der Waals surface area contributed by atoms with Gasteiger partial charge in [0.2, 0.25) is 0 Å². The van der Waals surface area contributed by atoms with Crippen molar-refractivity contribution in [2.75, 3.05) is 18.9 Å². The predicted molar refractivity (Wildman–Crippen MR) is 77.3 cm³/mol. The monoisotopic (exact) mass is 285 g/mol. The van der Waals surface area contributed by atoms with E-state index in [-0.39, 0.29) is 5.97 Å². The molecule has 1 heterocycles. The molecule has 1 aromatic rings. The largest absolute Gasteiger partial charge is 0.465 e. The van der Waals surface area contributed by atoms with Crippen molar-refractivity contribution in [2.24, 2.45) is 0 Å². The first-order valence-electron chi connectivity index (χ1n) is 6.66. The number of thioether (sulfide) groups is 1. The summed E-state index contributed by atoms with van der Waals surface area (Å²) >= 11 is 1.66. The van der Waals surface area contributed by atoms with E-state index < -0.39 is 5.54 Å². The van der Waals surface area contributed by atoms with Crippen LogP contribution in [0.15, 0.2) is 17.6 Å². The zero-order valence-corrected chi connectivity index (χ0v) is 12.7. The van der Waals surface area contributed by atoms with Crippen molar-refractivity contribution in [1.29, 1.82) is 0 Å². The zero-order chi connectivity index (χ0) is 14.1. The third-order valence-electron chi connectivity index (χ3n) is 2.83. The van der Waals surface area contributed by atoms with Crippen molar-refractivity contribution in [1.82, 2.24) is 15.3 Å². The number of aromatic nitrogens is 2. The van der Waals surface area contributed by atoms with E-state index in [9.17, 15) is 4.79 Å². The molecule has 0 aliphatic carbocycles. The maximum absolute atomic E-state index is 12.0. The van der Waals surface area contributed by atoms with E-state index in [1.165, 1.54) is 0 Å². The van der Waals surface area contributed by atoms with Crippen LogP contribution in [0.4, 0.5) is 0 Å². The molecule has 0 radical (unpaired) electrons. The van der Waals surface area contributed by atoms with Gasteiger partial charge in [0.25, 0.3) is 0 Å². The van der Waals surface area contributed by atoms with Crippen LogP contribution in [0.2, 0.25) is 0 Å². The van der Waals surface area contributed by atoms with Crippen LogP contribution in [0.25, 0.3) is 0 Å². The van der Waals surface area contributed by atoms with Gasteiger partial charge in [-0.25, -0.2) is 4.98 Å². The van der Waals surface area contributed by atoms with Crippen molar-refractivity contribution >= 4 is 17.7 Å². The predicted octanol–water partition coefficient (Wildman–Crippen LogP) is 2.21. The van der Waals surface area contributed by atoms with Crippen molar-refractivity contribution in [3.05, 3.63) is 12.4 Å². The molecule has 1 aromatic heterocycles. The molecule has 5 nitrogen and oxygen atoms in total. The third kappa shape index (κ3) is 5.24. The highest BCUT2D eigenvalue weighted by atomic mass is 32.2. The molecule has 6 heteroatoms. The lowest BCUT2D eigenvalue weighted by atomic mass is 9.96. The van der Waals surface area contributed by atoms with Gasteiger partial charge in [0.05, 0.1) is 6.61 Å². The number of ether oxygens (including phenoxy) is 1. The van der Waals surface area contributed by atoms with Gasteiger partial charge in [-0.3, -0.25) is 4.79 Å². The Balaban J connectivity index is 2.38. The van der Waals surface area contributed by atoms with Gasteiger partial charge < -0.3 is 15.0 Å². The highest BCUT2D eigenvalue weighted by Crippen LogP contribution is 2.19. The Labute approximate surface area is 118 Å². The molecule has 0 bridgehead atoms. The van der Waals surface area contributed by atoms with Gasteiger partial charge in [-0.1, -0.05) is 18.7 Å². The van der Waals surface area contributed by atoms with Crippen molar-refractivity contribution in [3.8, 4) is 0 Å². The van der Waals surface area contributed by atoms with Crippen molar-refractivity contribution < 1.29 is 9.53 Å². The quantitative estimate of drug-likeness (QED) is 0.414. The number of aromatic amines is 1. The van der Waals surface area contributed by atoms with E-state index in [1.54, 1.807) is 18.0 Å². The molecule has 1 unspecified atom stereocenters. The highest BCUT2D eigenvalue weighted by Gasteiger charge is 2.32. The first-order chi connectivity index (χ1) is 9.12. The first-order valence-corrected chi connectivity index (χ1v) is 7.65. The number of hydrogen-bond donors (Lipinski definition) is 2. The number of likely N-dealkylation sites (N-methyl/N-ethyl adjacent to an activating group) is 1. The van der Waals surface area contributed by atoms with Crippen LogP contribution in [0.3, 0.4) is 0 Å². The fourth-order valence-electron chi connectivity index (χ4n) is 1.87. The topological polar surface area (TPSA) is 67.0 Å². The molecule has 0 fully saturated rings. The Morgan fingerprint density at radius 3 is 2.95 bits per heavy atom. The number of carbonyl (C=O) groups is 1. The van der Waals surface area contributed by atoms with E-state index in [0.717, 1.165) is 30.3 Å². The summed E-state index contributed by atoms with van der Waals surface area (Å²) in [6.45, 7) is 6.90. The summed E-state index contributed by atoms with van der Waals surface area (Å²) in [4.78, 5) is 19.2. The molecule has 0 aliphatic rings. The molecule has 1 rings (SSSR count). The first kappa shape index (κ1) is 16.0. The van der Waals surface area contributed by atoms with E-state index in [1.807, 2.05) is 27.0 Å². The average molecular weight is 285 g/mol. The van der Waals surface area contributed by atoms with Gasteiger partial charge in [0.1, 0.15) is 5.54 Å². The van der Waals surface area contributed by atoms with Crippen LogP contribution >= 0.6 is 11.8 Å². The number of nitrogens with one attached hydrogen (secondary N) is 2. The van der Waals surface area contributed by atoms with Crippen LogP contribution in [0, 0.1) is 0 Å². The number of carbonyl (C=O) groups excluding carboxylic acids is 1. The molecule has 108 valence electrons. The van der Waals surface area contributed by atoms with E-state index in [0.29, 0.717) is 6.61 Å². The summed E-state index contributed by atoms with van der Waals surface area (Å²) in [5.74, 6) is 0.758. The van der Waals surface area contributed by atoms with E-state index in [4.69, 9.17) is 4.74 Å². The second kappa shape index (κ2) is 8.22. The average Bonchev–Trinajstić information content (AvgIpc) is 2.88. The molecule has 1 atom stereocenters. The highest BCUT2D eigenvalue weighted by molar-refractivity contribution is 7.99. The minimum Gasteiger partial charge on any atom is -0.465 e. The second-order valence-corrected chi connectivity index (χ2v) is 5.51. The van der Waals surface area contributed by atoms with Crippen molar-refractivity contribution in [3.63, 3.8) is 0 Å². The lowest BCUT2D eigenvalue weighted by Gasteiger charge is -2.28. The maximum atomic E-state index is 12.0. The standard InChI is InChI=1S/C13H23N3O2S/c1-4-16-13(3,11(17)18-5-2)7-6-10-19-12-14-8-9-15-12/h8-9,16H,4-7,10H2,1-3H3,(H,14,15). The molecular formula is C13H23N3O2S. The van der Waals surface area contributed by atoms with E-state index in [2.05, 4.69) is 15.3 Å². The van der Waals surface area contributed by atoms with Crippen LogP contribution < -0.4 is 5.32 Å². The van der Waals surface area contributed by atoms with Crippen molar-refractivity contribution in [2.45, 2.75) is 44.3 Å². The second-order valence-electron chi connectivity index (χ2n) is 4.43. The molecule has 0 saturated carbocycles. The third-order valence-corrected chi connectivity index (χ3v) is 3.82. The molecule has 19 heavy (non-hydrogen) atoms. The van der Waals surface area contributed by atoms with Gasteiger partial charge in [-0.2, -0.15) is 0 Å². The molecular weight excluding hydrogens is 262 g/mol. The van der Waals surface area contributed by atoms with Crippen LogP contribution in [0.1, 0.15) is 33.6 Å². The lowest BCUT2D eigenvalue weighted by molar-refractivity contribution is -0.150. The molecule has 0 amide bonds. The summed E-state index contributed by atoms with van der Waals surface area (Å²) in [5, 5.41) is 4.15. The van der Waals surface area contributed by atoms with Crippen LogP contribution in [-0.4, -0.2) is 40.4 Å². The van der Waals surface area contributed by atoms with Gasteiger partial charge >= 0.3 is 5.97 Å². The summed E-state index contributed by atoms with van der Waals surface area (Å²) < 4.78 is 5.14. The minimum absolute atomic E-state index is 0.167. The number of H-pyrrole nitrogens is 1. The Morgan fingerprint density at radius 2 is 2.37 bits per heavy atom. The van der Waals surface area contributed by atoms with Gasteiger partial charge in [-0.15, -0.1) is 0 Å². The number of rotatable bonds is 9. The number of imidazole rings is 1. The molecule has 0 aromatic carbocycles. The molecule has 0 spiro atoms. The maximum Gasteiger partial charge on any atom is 0.326 e. The summed E-state index contributed by atoms with van der Waals surface area (Å²) in [7, 11) is 0. The van der Waals surface area contributed by atoms with Gasteiger partial charge in [0.15, 0.2) is 5.16 Å². The number of nitrogens with zero attached hydrogens (tertiary/aromatic N) is 1. The fraction of sp³-hybridized carbons (Fsp3) is 0.692. The Hall–Kier alpha value is -1.01.